The standard InChI is InChI=1S/C14H28N2O/c1-10(2)7-11(3)16-14(17)13-6-4-5-12(8-13)9-15/h10-13H,4-9,15H2,1-3H3,(H,16,17). The molecule has 1 aliphatic rings. The number of hydrogen-bond acceptors (Lipinski definition) is 2. The summed E-state index contributed by atoms with van der Waals surface area (Å²) in [5.74, 6) is 1.64. The molecule has 1 saturated carbocycles. The van der Waals surface area contributed by atoms with Crippen LogP contribution in [-0.4, -0.2) is 18.5 Å². The van der Waals surface area contributed by atoms with Crippen LogP contribution < -0.4 is 11.1 Å². The van der Waals surface area contributed by atoms with Gasteiger partial charge in [-0.05, 0) is 51.0 Å². The Morgan fingerprint density at radius 2 is 2.06 bits per heavy atom. The number of rotatable bonds is 5. The van der Waals surface area contributed by atoms with Gasteiger partial charge in [-0.2, -0.15) is 0 Å². The molecule has 0 aromatic heterocycles. The van der Waals surface area contributed by atoms with E-state index in [1.807, 2.05) is 0 Å². The normalized spacial score (nSPS) is 26.9. The van der Waals surface area contributed by atoms with Crippen molar-refractivity contribution < 1.29 is 4.79 Å². The summed E-state index contributed by atoms with van der Waals surface area (Å²) in [6.45, 7) is 7.20. The van der Waals surface area contributed by atoms with Crippen LogP contribution in [0.5, 0.6) is 0 Å². The summed E-state index contributed by atoms with van der Waals surface area (Å²) < 4.78 is 0. The van der Waals surface area contributed by atoms with Crippen molar-refractivity contribution in [2.75, 3.05) is 6.54 Å². The quantitative estimate of drug-likeness (QED) is 0.774. The summed E-state index contributed by atoms with van der Waals surface area (Å²) in [4.78, 5) is 12.1. The first kappa shape index (κ1) is 14.5. The lowest BCUT2D eigenvalue weighted by molar-refractivity contribution is -0.127. The van der Waals surface area contributed by atoms with Crippen LogP contribution >= 0.6 is 0 Å². The van der Waals surface area contributed by atoms with Gasteiger partial charge < -0.3 is 11.1 Å². The van der Waals surface area contributed by atoms with E-state index < -0.39 is 0 Å². The van der Waals surface area contributed by atoms with Crippen molar-refractivity contribution in [3.63, 3.8) is 0 Å². The molecule has 3 nitrogen and oxygen atoms in total. The average Bonchev–Trinajstić information content (AvgIpc) is 2.27. The minimum atomic E-state index is 0.201. The Morgan fingerprint density at radius 3 is 2.65 bits per heavy atom. The molecule has 0 aromatic rings. The van der Waals surface area contributed by atoms with Gasteiger partial charge in [0.1, 0.15) is 0 Å². The van der Waals surface area contributed by atoms with E-state index in [9.17, 15) is 4.79 Å². The SMILES string of the molecule is CC(C)CC(C)NC(=O)C1CCCC(CN)C1. The van der Waals surface area contributed by atoms with Gasteiger partial charge in [0.2, 0.25) is 5.91 Å². The zero-order valence-electron chi connectivity index (χ0n) is 11.5. The van der Waals surface area contributed by atoms with Crippen LogP contribution in [0.4, 0.5) is 0 Å². The molecule has 0 aliphatic heterocycles. The van der Waals surface area contributed by atoms with Gasteiger partial charge in [0.05, 0.1) is 0 Å². The van der Waals surface area contributed by atoms with E-state index >= 15 is 0 Å². The van der Waals surface area contributed by atoms with Crippen molar-refractivity contribution in [3.8, 4) is 0 Å². The second-order valence-corrected chi connectivity index (χ2v) is 6.00. The van der Waals surface area contributed by atoms with Crippen LogP contribution in [0.1, 0.15) is 52.9 Å². The van der Waals surface area contributed by atoms with Crippen molar-refractivity contribution in [3.05, 3.63) is 0 Å². The van der Waals surface area contributed by atoms with Crippen LogP contribution in [0, 0.1) is 17.8 Å². The maximum atomic E-state index is 12.1. The van der Waals surface area contributed by atoms with E-state index in [1.54, 1.807) is 0 Å². The van der Waals surface area contributed by atoms with Crippen molar-refractivity contribution >= 4 is 5.91 Å². The largest absolute Gasteiger partial charge is 0.353 e. The molecule has 3 N–H and O–H groups in total. The maximum Gasteiger partial charge on any atom is 0.223 e. The summed E-state index contributed by atoms with van der Waals surface area (Å²) in [6.07, 6.45) is 5.42. The van der Waals surface area contributed by atoms with Crippen LogP contribution in [0.2, 0.25) is 0 Å². The molecular weight excluding hydrogens is 212 g/mol. The molecule has 3 atom stereocenters. The molecule has 1 amide bonds. The molecule has 0 aromatic carbocycles. The number of nitrogens with one attached hydrogen (secondary N) is 1. The molecule has 0 spiro atoms. The lowest BCUT2D eigenvalue weighted by atomic mass is 9.81. The minimum absolute atomic E-state index is 0.201. The van der Waals surface area contributed by atoms with Crippen molar-refractivity contribution in [1.29, 1.82) is 0 Å². The topological polar surface area (TPSA) is 55.1 Å². The Morgan fingerprint density at radius 1 is 1.35 bits per heavy atom. The highest BCUT2D eigenvalue weighted by atomic mass is 16.1. The third-order valence-electron chi connectivity index (χ3n) is 3.70. The number of carbonyl (C=O) groups excluding carboxylic acids is 1. The van der Waals surface area contributed by atoms with Gasteiger partial charge >= 0.3 is 0 Å². The second-order valence-electron chi connectivity index (χ2n) is 6.00. The fourth-order valence-electron chi connectivity index (χ4n) is 2.87. The summed E-state index contributed by atoms with van der Waals surface area (Å²) >= 11 is 0. The van der Waals surface area contributed by atoms with E-state index in [1.165, 1.54) is 6.42 Å². The predicted molar refractivity (Wildman–Crippen MR) is 71.6 cm³/mol. The predicted octanol–water partition coefficient (Wildman–Crippen LogP) is 2.30. The monoisotopic (exact) mass is 240 g/mol. The average molecular weight is 240 g/mol. The van der Waals surface area contributed by atoms with Crippen molar-refractivity contribution in [2.24, 2.45) is 23.5 Å². The van der Waals surface area contributed by atoms with Crippen molar-refractivity contribution in [1.82, 2.24) is 5.32 Å². The van der Waals surface area contributed by atoms with E-state index in [2.05, 4.69) is 26.1 Å². The Kier molecular flexibility index (Phi) is 5.96. The van der Waals surface area contributed by atoms with Crippen molar-refractivity contribution in [2.45, 2.75) is 58.9 Å². The molecular formula is C14H28N2O. The molecule has 1 fully saturated rings. The van der Waals surface area contributed by atoms with Gasteiger partial charge in [-0.25, -0.2) is 0 Å². The lowest BCUT2D eigenvalue weighted by Gasteiger charge is -2.28. The molecule has 3 heteroatoms. The third kappa shape index (κ3) is 5.07. The van der Waals surface area contributed by atoms with Gasteiger partial charge in [-0.1, -0.05) is 20.3 Å². The van der Waals surface area contributed by atoms with Crippen LogP contribution in [-0.2, 0) is 4.79 Å². The minimum Gasteiger partial charge on any atom is -0.353 e. The molecule has 1 rings (SSSR count). The maximum absolute atomic E-state index is 12.1. The van der Waals surface area contributed by atoms with E-state index in [4.69, 9.17) is 5.73 Å². The van der Waals surface area contributed by atoms with E-state index in [0.717, 1.165) is 32.2 Å². The Balaban J connectivity index is 2.36. The smallest absolute Gasteiger partial charge is 0.223 e. The number of carbonyl (C=O) groups is 1. The third-order valence-corrected chi connectivity index (χ3v) is 3.70. The highest BCUT2D eigenvalue weighted by molar-refractivity contribution is 5.79. The summed E-state index contributed by atoms with van der Waals surface area (Å²) in [6, 6.07) is 0.292. The fourth-order valence-corrected chi connectivity index (χ4v) is 2.87. The molecule has 0 saturated heterocycles. The summed E-state index contributed by atoms with van der Waals surface area (Å²) in [5, 5.41) is 3.15. The van der Waals surface area contributed by atoms with Gasteiger partial charge in [0.15, 0.2) is 0 Å². The summed E-state index contributed by atoms with van der Waals surface area (Å²) in [5.41, 5.74) is 5.70. The molecule has 17 heavy (non-hydrogen) atoms. The van der Waals surface area contributed by atoms with Crippen LogP contribution in [0.25, 0.3) is 0 Å². The Hall–Kier alpha value is -0.570. The number of hydrogen-bond donors (Lipinski definition) is 2. The number of amides is 1. The van der Waals surface area contributed by atoms with Gasteiger partial charge in [0, 0.05) is 12.0 Å². The van der Waals surface area contributed by atoms with Gasteiger partial charge in [0.25, 0.3) is 0 Å². The molecule has 0 bridgehead atoms. The van der Waals surface area contributed by atoms with Crippen LogP contribution in [0.15, 0.2) is 0 Å². The second kappa shape index (κ2) is 7.00. The molecule has 1 aliphatic carbocycles. The molecule has 100 valence electrons. The zero-order chi connectivity index (χ0) is 12.8. The Labute approximate surface area is 106 Å². The van der Waals surface area contributed by atoms with E-state index in [0.29, 0.717) is 17.9 Å². The zero-order valence-corrected chi connectivity index (χ0v) is 11.5. The highest BCUT2D eigenvalue weighted by Crippen LogP contribution is 2.28. The summed E-state index contributed by atoms with van der Waals surface area (Å²) in [7, 11) is 0. The first-order chi connectivity index (χ1) is 8.02. The molecule has 3 unspecified atom stereocenters. The lowest BCUT2D eigenvalue weighted by Crippen LogP contribution is -2.40. The highest BCUT2D eigenvalue weighted by Gasteiger charge is 2.27. The molecule has 0 radical (unpaired) electrons. The van der Waals surface area contributed by atoms with E-state index in [-0.39, 0.29) is 11.8 Å². The first-order valence-corrected chi connectivity index (χ1v) is 7.03. The van der Waals surface area contributed by atoms with Gasteiger partial charge in [-0.3, -0.25) is 4.79 Å². The molecule has 0 heterocycles. The number of nitrogens with two attached hydrogens (primary N) is 1. The van der Waals surface area contributed by atoms with Crippen LogP contribution in [0.3, 0.4) is 0 Å². The van der Waals surface area contributed by atoms with Gasteiger partial charge in [-0.15, -0.1) is 0 Å². The fraction of sp³-hybridized carbons (Fsp3) is 0.929. The Bertz CT molecular complexity index is 240. The first-order valence-electron chi connectivity index (χ1n) is 7.03.